The third kappa shape index (κ3) is 5.19. The number of halogens is 2. The number of rotatable bonds is 8. The minimum absolute atomic E-state index is 0.0123. The van der Waals surface area contributed by atoms with Crippen LogP contribution in [-0.2, 0) is 11.3 Å². The van der Waals surface area contributed by atoms with E-state index >= 15 is 0 Å². The van der Waals surface area contributed by atoms with Crippen LogP contribution in [0.25, 0.3) is 11.0 Å². The first kappa shape index (κ1) is 18.7. The number of imidazole rings is 1. The number of para-hydroxylation sites is 2. The van der Waals surface area contributed by atoms with E-state index < -0.39 is 5.76 Å². The lowest BCUT2D eigenvalue weighted by atomic mass is 10.0. The first-order chi connectivity index (χ1) is 11.4. The zero-order chi connectivity index (χ0) is 17.7. The Morgan fingerprint density at radius 1 is 1.25 bits per heavy atom. The lowest BCUT2D eigenvalue weighted by Crippen LogP contribution is -2.35. The molecular weight excluding hydrogens is 332 g/mol. The normalized spacial score (nSPS) is 13.0. The molecule has 0 aliphatic heterocycles. The molecule has 1 heterocycles. The summed E-state index contributed by atoms with van der Waals surface area (Å²) in [5.41, 5.74) is 1.30. The van der Waals surface area contributed by atoms with Crippen molar-refractivity contribution in [3.63, 3.8) is 0 Å². The van der Waals surface area contributed by atoms with Crippen LogP contribution >= 0.6 is 11.8 Å². The first-order valence-electron chi connectivity index (χ1n) is 8.06. The van der Waals surface area contributed by atoms with Crippen LogP contribution in [0.3, 0.4) is 0 Å². The highest BCUT2D eigenvalue weighted by molar-refractivity contribution is 7.99. The fourth-order valence-electron chi connectivity index (χ4n) is 2.50. The molecule has 4 nitrogen and oxygen atoms in total. The topological polar surface area (TPSA) is 46.9 Å². The van der Waals surface area contributed by atoms with E-state index in [0.717, 1.165) is 12.8 Å². The molecule has 2 rings (SSSR count). The summed E-state index contributed by atoms with van der Waals surface area (Å²) in [4.78, 5) is 16.5. The van der Waals surface area contributed by atoms with E-state index in [-0.39, 0.29) is 23.7 Å². The Labute approximate surface area is 145 Å². The van der Waals surface area contributed by atoms with Crippen molar-refractivity contribution >= 4 is 28.7 Å². The third-order valence-electron chi connectivity index (χ3n) is 3.70. The number of thioether (sulfide) groups is 1. The number of aromatic nitrogens is 2. The number of hydrogen-bond acceptors (Lipinski definition) is 3. The summed E-state index contributed by atoms with van der Waals surface area (Å²) in [5.74, 6) is -2.19. The molecule has 1 aromatic heterocycles. The zero-order valence-electron chi connectivity index (χ0n) is 14.1. The molecule has 0 saturated carbocycles. The van der Waals surface area contributed by atoms with Gasteiger partial charge in [0.25, 0.3) is 5.76 Å². The van der Waals surface area contributed by atoms with Gasteiger partial charge >= 0.3 is 0 Å². The Hall–Kier alpha value is -1.63. The molecule has 24 heavy (non-hydrogen) atoms. The molecule has 1 aromatic carbocycles. The quantitative estimate of drug-likeness (QED) is 0.719. The number of nitrogens with zero attached hydrogens (tertiary/aromatic N) is 2. The van der Waals surface area contributed by atoms with Gasteiger partial charge in [0.2, 0.25) is 5.91 Å². The molecule has 7 heteroatoms. The second-order valence-corrected chi connectivity index (χ2v) is 7.24. The van der Waals surface area contributed by atoms with E-state index in [2.05, 4.69) is 24.1 Å². The lowest BCUT2D eigenvalue weighted by Gasteiger charge is -2.16. The minimum atomic E-state index is -2.58. The van der Waals surface area contributed by atoms with Gasteiger partial charge in [-0.3, -0.25) is 4.79 Å². The fraction of sp³-hybridized carbons (Fsp3) is 0.529. The smallest absolute Gasteiger partial charge is 0.291 e. The first-order valence-corrected chi connectivity index (χ1v) is 8.94. The van der Waals surface area contributed by atoms with Crippen LogP contribution < -0.4 is 5.32 Å². The largest absolute Gasteiger partial charge is 0.352 e. The van der Waals surface area contributed by atoms with E-state index in [4.69, 9.17) is 0 Å². The lowest BCUT2D eigenvalue weighted by molar-refractivity contribution is -0.122. The van der Waals surface area contributed by atoms with Crippen molar-refractivity contribution in [3.8, 4) is 0 Å². The van der Waals surface area contributed by atoms with Crippen LogP contribution in [0.1, 0.15) is 33.6 Å². The summed E-state index contributed by atoms with van der Waals surface area (Å²) in [5, 5.41) is 3.10. The van der Waals surface area contributed by atoms with Gasteiger partial charge in [-0.25, -0.2) is 4.98 Å². The average molecular weight is 355 g/mol. The van der Waals surface area contributed by atoms with E-state index in [0.29, 0.717) is 28.7 Å². The fourth-order valence-corrected chi connectivity index (χ4v) is 3.10. The number of nitrogens with one attached hydrogen (secondary N) is 1. The molecule has 1 amide bonds. The van der Waals surface area contributed by atoms with Crippen molar-refractivity contribution in [3.05, 3.63) is 24.3 Å². The summed E-state index contributed by atoms with van der Waals surface area (Å²) < 4.78 is 27.1. The maximum absolute atomic E-state index is 12.8. The maximum atomic E-state index is 12.8. The molecule has 2 aromatic rings. The highest BCUT2D eigenvalue weighted by atomic mass is 32.2. The molecule has 1 N–H and O–H groups in total. The second kappa shape index (κ2) is 8.46. The molecule has 0 fully saturated rings. The van der Waals surface area contributed by atoms with Gasteiger partial charge < -0.3 is 9.88 Å². The van der Waals surface area contributed by atoms with Crippen LogP contribution in [0.4, 0.5) is 8.78 Å². The molecule has 0 aliphatic carbocycles. The maximum Gasteiger partial charge on any atom is 0.291 e. The highest BCUT2D eigenvalue weighted by Gasteiger charge is 2.18. The van der Waals surface area contributed by atoms with Gasteiger partial charge in [0.05, 0.1) is 11.0 Å². The van der Waals surface area contributed by atoms with E-state index in [1.54, 1.807) is 28.8 Å². The molecule has 0 saturated heterocycles. The molecule has 0 spiro atoms. The summed E-state index contributed by atoms with van der Waals surface area (Å²) in [7, 11) is 0. The standard InChI is InChI=1S/C17H23F2N3OS/c1-11(2)8-9-12(3)20-15(23)10-22-14-7-5-4-6-13(14)21-17(22)24-16(18)19/h4-7,11-12,16H,8-10H2,1-3H3,(H,20,23). The van der Waals surface area contributed by atoms with E-state index in [9.17, 15) is 13.6 Å². The van der Waals surface area contributed by atoms with E-state index in [1.165, 1.54) is 0 Å². The Balaban J connectivity index is 2.11. The van der Waals surface area contributed by atoms with Gasteiger partial charge in [0, 0.05) is 6.04 Å². The number of alkyl halides is 2. The molecule has 1 atom stereocenters. The molecule has 0 aliphatic rings. The number of amides is 1. The Morgan fingerprint density at radius 2 is 1.96 bits per heavy atom. The van der Waals surface area contributed by atoms with Crippen molar-refractivity contribution in [1.82, 2.24) is 14.9 Å². The number of carbonyl (C=O) groups is 1. The van der Waals surface area contributed by atoms with Gasteiger partial charge in [-0.05, 0) is 49.6 Å². The number of hydrogen-bond donors (Lipinski definition) is 1. The van der Waals surface area contributed by atoms with Crippen LogP contribution in [0, 0.1) is 5.92 Å². The van der Waals surface area contributed by atoms with Crippen molar-refractivity contribution in [2.75, 3.05) is 0 Å². The van der Waals surface area contributed by atoms with Crippen LogP contribution in [0.5, 0.6) is 0 Å². The SMILES string of the molecule is CC(C)CCC(C)NC(=O)Cn1c(SC(F)F)nc2ccccc21. The van der Waals surface area contributed by atoms with E-state index in [1.807, 2.05) is 6.92 Å². The van der Waals surface area contributed by atoms with Crippen molar-refractivity contribution in [2.24, 2.45) is 5.92 Å². The molecule has 1 unspecified atom stereocenters. The minimum Gasteiger partial charge on any atom is -0.352 e. The predicted octanol–water partition coefficient (Wildman–Crippen LogP) is 4.29. The predicted molar refractivity (Wildman–Crippen MR) is 93.3 cm³/mol. The summed E-state index contributed by atoms with van der Waals surface area (Å²) in [6.07, 6.45) is 1.93. The number of benzene rings is 1. The van der Waals surface area contributed by atoms with Gasteiger partial charge in [0.15, 0.2) is 5.16 Å². The highest BCUT2D eigenvalue weighted by Crippen LogP contribution is 2.28. The Morgan fingerprint density at radius 3 is 2.62 bits per heavy atom. The van der Waals surface area contributed by atoms with Gasteiger partial charge in [-0.15, -0.1) is 0 Å². The molecular formula is C17H23F2N3OS. The molecule has 0 radical (unpaired) electrons. The Bertz CT molecular complexity index is 688. The van der Waals surface area contributed by atoms with Crippen LogP contribution in [-0.4, -0.2) is 27.3 Å². The molecule has 132 valence electrons. The second-order valence-electron chi connectivity index (χ2n) is 6.29. The number of carbonyl (C=O) groups excluding carboxylic acids is 1. The van der Waals surface area contributed by atoms with Crippen LogP contribution in [0.2, 0.25) is 0 Å². The van der Waals surface area contributed by atoms with Gasteiger partial charge in [-0.2, -0.15) is 8.78 Å². The van der Waals surface area contributed by atoms with Gasteiger partial charge in [0.1, 0.15) is 6.54 Å². The molecule has 0 bridgehead atoms. The van der Waals surface area contributed by atoms with Gasteiger partial charge in [-0.1, -0.05) is 26.0 Å². The van der Waals surface area contributed by atoms with Crippen LogP contribution in [0.15, 0.2) is 29.4 Å². The summed E-state index contributed by atoms with van der Waals surface area (Å²) in [6.45, 7) is 6.22. The summed E-state index contributed by atoms with van der Waals surface area (Å²) in [6, 6.07) is 7.20. The third-order valence-corrected chi connectivity index (χ3v) is 4.40. The monoisotopic (exact) mass is 355 g/mol. The average Bonchev–Trinajstić information content (AvgIpc) is 2.82. The summed E-state index contributed by atoms with van der Waals surface area (Å²) >= 11 is 0.364. The number of fused-ring (bicyclic) bond motifs is 1. The van der Waals surface area contributed by atoms with Crippen molar-refractivity contribution in [1.29, 1.82) is 0 Å². The van der Waals surface area contributed by atoms with Crippen molar-refractivity contribution in [2.45, 2.75) is 57.1 Å². The zero-order valence-corrected chi connectivity index (χ0v) is 14.9. The Kier molecular flexibility index (Phi) is 6.60. The van der Waals surface area contributed by atoms with Crippen molar-refractivity contribution < 1.29 is 13.6 Å².